The number of aromatic nitrogens is 2. The van der Waals surface area contributed by atoms with Crippen molar-refractivity contribution < 1.29 is 4.79 Å². The van der Waals surface area contributed by atoms with Gasteiger partial charge in [-0.1, -0.05) is 77.1 Å². The lowest BCUT2D eigenvalue weighted by Crippen LogP contribution is -2.28. The number of carbonyl (C=O) groups is 1. The normalized spacial score (nSPS) is 14.9. The van der Waals surface area contributed by atoms with Gasteiger partial charge >= 0.3 is 0 Å². The average Bonchev–Trinajstić information content (AvgIpc) is 3.27. The zero-order valence-electron chi connectivity index (χ0n) is 21.2. The van der Waals surface area contributed by atoms with E-state index in [9.17, 15) is 4.79 Å². The maximum absolute atomic E-state index is 13.7. The predicted octanol–water partition coefficient (Wildman–Crippen LogP) is 6.53. The smallest absolute Gasteiger partial charge is 0.203 e. The van der Waals surface area contributed by atoms with Crippen molar-refractivity contribution in [1.29, 1.82) is 5.41 Å². The quantitative estimate of drug-likeness (QED) is 0.328. The molecule has 0 fully saturated rings. The fourth-order valence-electron chi connectivity index (χ4n) is 4.95. The molecule has 1 aromatic heterocycles. The summed E-state index contributed by atoms with van der Waals surface area (Å²) >= 11 is 1.91. The Morgan fingerprint density at radius 2 is 1.60 bits per heavy atom. The average molecular weight is 484 g/mol. The van der Waals surface area contributed by atoms with Crippen LogP contribution in [0.3, 0.4) is 0 Å². The molecule has 3 aromatic carbocycles. The van der Waals surface area contributed by atoms with Crippen molar-refractivity contribution in [3.63, 3.8) is 0 Å². The van der Waals surface area contributed by atoms with Gasteiger partial charge in [0.05, 0.1) is 24.1 Å². The molecule has 0 spiro atoms. The molecule has 0 radical (unpaired) electrons. The number of benzene rings is 3. The first-order chi connectivity index (χ1) is 16.6. The molecule has 0 atom stereocenters. The summed E-state index contributed by atoms with van der Waals surface area (Å²) in [5.74, 6) is 1.08. The third-order valence-corrected chi connectivity index (χ3v) is 8.58. The molecule has 180 valence electrons. The number of rotatable bonds is 5. The van der Waals surface area contributed by atoms with Crippen molar-refractivity contribution in [3.8, 4) is 0 Å². The lowest BCUT2D eigenvalue weighted by atomic mass is 9.79. The molecule has 0 aliphatic carbocycles. The molecule has 2 heterocycles. The largest absolute Gasteiger partial charge is 0.306 e. The first kappa shape index (κ1) is 23.7. The number of nitrogens with one attached hydrogen (secondary N) is 1. The first-order valence-corrected chi connectivity index (χ1v) is 13.2. The first-order valence-electron chi connectivity index (χ1n) is 12.2. The summed E-state index contributed by atoms with van der Waals surface area (Å²) in [6.45, 7) is 11.9. The van der Waals surface area contributed by atoms with Crippen molar-refractivity contribution in [1.82, 2.24) is 9.13 Å². The molecule has 1 N–H and O–H groups in total. The van der Waals surface area contributed by atoms with Crippen LogP contribution in [0, 0.1) is 5.41 Å². The van der Waals surface area contributed by atoms with Gasteiger partial charge in [0.25, 0.3) is 0 Å². The van der Waals surface area contributed by atoms with E-state index in [-0.39, 0.29) is 23.2 Å². The van der Waals surface area contributed by atoms with Crippen LogP contribution in [0.5, 0.6) is 0 Å². The number of hydrogen-bond acceptors (Lipinski definition) is 3. The number of thioether (sulfide) groups is 1. The van der Waals surface area contributed by atoms with Crippen LogP contribution in [0.15, 0.2) is 71.6 Å². The van der Waals surface area contributed by atoms with Crippen LogP contribution in [-0.4, -0.2) is 20.7 Å². The number of imidazole rings is 1. The second-order valence-corrected chi connectivity index (χ2v) is 12.2. The van der Waals surface area contributed by atoms with E-state index in [1.165, 1.54) is 16.0 Å². The summed E-state index contributed by atoms with van der Waals surface area (Å²) in [7, 11) is 0. The maximum atomic E-state index is 13.7. The van der Waals surface area contributed by atoms with E-state index in [1.54, 1.807) is 0 Å². The molecule has 5 rings (SSSR count). The van der Waals surface area contributed by atoms with Crippen molar-refractivity contribution in [2.45, 2.75) is 63.4 Å². The molecule has 1 aliphatic rings. The zero-order chi connectivity index (χ0) is 25.0. The number of ketones is 1. The topological polar surface area (TPSA) is 50.8 Å². The molecule has 5 heteroatoms. The Balaban J connectivity index is 1.57. The number of hydrogen-bond donors (Lipinski definition) is 1. The van der Waals surface area contributed by atoms with Crippen LogP contribution in [-0.2, 0) is 23.9 Å². The second-order valence-electron chi connectivity index (χ2n) is 11.2. The third kappa shape index (κ3) is 4.27. The number of para-hydroxylation sites is 2. The molecule has 4 aromatic rings. The van der Waals surface area contributed by atoms with Gasteiger partial charge in [-0.3, -0.25) is 10.2 Å². The van der Waals surface area contributed by atoms with E-state index in [0.717, 1.165) is 27.9 Å². The molecule has 1 aliphatic heterocycles. The van der Waals surface area contributed by atoms with Gasteiger partial charge in [0.1, 0.15) is 0 Å². The highest BCUT2D eigenvalue weighted by Gasteiger charge is 2.35. The summed E-state index contributed by atoms with van der Waals surface area (Å²) < 4.78 is 3.84. The van der Waals surface area contributed by atoms with Crippen molar-refractivity contribution in [2.24, 2.45) is 0 Å². The minimum atomic E-state index is -0.0484. The second kappa shape index (κ2) is 8.56. The highest BCUT2D eigenvalue weighted by molar-refractivity contribution is 7.99. The fourth-order valence-corrected chi connectivity index (χ4v) is 6.62. The van der Waals surface area contributed by atoms with Crippen molar-refractivity contribution >= 4 is 28.6 Å². The van der Waals surface area contributed by atoms with Gasteiger partial charge in [0.2, 0.25) is 5.62 Å². The Hall–Kier alpha value is -3.05. The predicted molar refractivity (Wildman–Crippen MR) is 145 cm³/mol. The number of carbonyl (C=O) groups excluding carboxylic acids is 1. The molecular formula is C30H33N3OS. The van der Waals surface area contributed by atoms with E-state index in [4.69, 9.17) is 5.41 Å². The van der Waals surface area contributed by atoms with Gasteiger partial charge in [-0.15, -0.1) is 11.8 Å². The molecule has 0 amide bonds. The van der Waals surface area contributed by atoms with E-state index in [0.29, 0.717) is 12.2 Å². The monoisotopic (exact) mass is 483 g/mol. The summed E-state index contributed by atoms with van der Waals surface area (Å²) in [5, 5.41) is 8.98. The third-order valence-electron chi connectivity index (χ3n) is 6.99. The zero-order valence-corrected chi connectivity index (χ0v) is 22.0. The number of fused-ring (bicyclic) bond motifs is 2. The van der Waals surface area contributed by atoms with E-state index in [1.807, 2.05) is 63.4 Å². The highest BCUT2D eigenvalue weighted by atomic mass is 32.2. The van der Waals surface area contributed by atoms with Crippen molar-refractivity contribution in [2.75, 3.05) is 5.75 Å². The van der Waals surface area contributed by atoms with Crippen molar-refractivity contribution in [3.05, 3.63) is 94.6 Å². The van der Waals surface area contributed by atoms with Crippen LogP contribution in [0.25, 0.3) is 11.0 Å². The molecule has 0 saturated carbocycles. The lowest BCUT2D eigenvalue weighted by molar-refractivity contribution is 0.0971. The summed E-state index contributed by atoms with van der Waals surface area (Å²) in [6.07, 6.45) is 0. The standard InChI is InChI=1S/C30H33N3OS/c1-29(2,3)22-15-21(16-23-27(22)35-19-30(23,4)5)26(34)18-33-25-14-10-9-13-24(25)32(28(33)31)17-20-11-7-6-8-12-20/h6-16,31H,17-19H2,1-5H3. The molecule has 0 unspecified atom stereocenters. The summed E-state index contributed by atoms with van der Waals surface area (Å²) in [5.41, 5.74) is 6.62. The van der Waals surface area contributed by atoms with Gasteiger partial charge in [0.15, 0.2) is 5.78 Å². The van der Waals surface area contributed by atoms with Gasteiger partial charge < -0.3 is 9.13 Å². The summed E-state index contributed by atoms with van der Waals surface area (Å²) in [6, 6.07) is 22.4. The van der Waals surface area contributed by atoms with E-state index < -0.39 is 0 Å². The Bertz CT molecular complexity index is 1490. The van der Waals surface area contributed by atoms with Gasteiger partial charge in [-0.2, -0.15) is 0 Å². The minimum Gasteiger partial charge on any atom is -0.306 e. The van der Waals surface area contributed by atoms with Crippen LogP contribution >= 0.6 is 11.8 Å². The van der Waals surface area contributed by atoms with Crippen LogP contribution in [0.2, 0.25) is 0 Å². The lowest BCUT2D eigenvalue weighted by Gasteiger charge is -2.25. The Morgan fingerprint density at radius 1 is 0.971 bits per heavy atom. The van der Waals surface area contributed by atoms with Gasteiger partial charge in [-0.05, 0) is 46.4 Å². The molecule has 0 bridgehead atoms. The van der Waals surface area contributed by atoms with Gasteiger partial charge in [-0.25, -0.2) is 0 Å². The number of nitrogens with zero attached hydrogens (tertiary/aromatic N) is 2. The Kier molecular flexibility index (Phi) is 5.79. The SMILES string of the molecule is CC(C)(C)c1cc(C(=O)Cn2c(=N)n(Cc3ccccc3)c3ccccc32)cc2c1SCC2(C)C. The fraction of sp³-hybridized carbons (Fsp3) is 0.333. The minimum absolute atomic E-state index is 0.0374. The highest BCUT2D eigenvalue weighted by Crippen LogP contribution is 2.48. The van der Waals surface area contributed by atoms with Crippen LogP contribution in [0.4, 0.5) is 0 Å². The maximum Gasteiger partial charge on any atom is 0.203 e. The van der Waals surface area contributed by atoms with Gasteiger partial charge in [0, 0.05) is 21.6 Å². The molecule has 4 nitrogen and oxygen atoms in total. The molecule has 0 saturated heterocycles. The molecular weight excluding hydrogens is 450 g/mol. The number of Topliss-reactive ketones (excluding diaryl/α,β-unsaturated/α-hetero) is 1. The summed E-state index contributed by atoms with van der Waals surface area (Å²) in [4.78, 5) is 15.1. The van der Waals surface area contributed by atoms with E-state index in [2.05, 4.69) is 58.9 Å². The van der Waals surface area contributed by atoms with Crippen LogP contribution < -0.4 is 5.62 Å². The Labute approximate surface area is 211 Å². The van der Waals surface area contributed by atoms with E-state index >= 15 is 0 Å². The Morgan fingerprint density at radius 3 is 2.26 bits per heavy atom. The molecule has 35 heavy (non-hydrogen) atoms. The van der Waals surface area contributed by atoms with Crippen LogP contribution in [0.1, 0.15) is 61.7 Å².